The number of primary amides is 1. The fourth-order valence-electron chi connectivity index (χ4n) is 1.38. The average molecular weight is 257 g/mol. The molecule has 0 bridgehead atoms. The highest BCUT2D eigenvalue weighted by Crippen LogP contribution is 2.20. The van der Waals surface area contributed by atoms with Gasteiger partial charge in [-0.25, -0.2) is 0 Å². The summed E-state index contributed by atoms with van der Waals surface area (Å²) in [5.74, 6) is 0.481. The van der Waals surface area contributed by atoms with Crippen LogP contribution in [0.15, 0.2) is 0 Å². The number of rotatable bonds is 6. The number of halogens is 1. The third-order valence-electron chi connectivity index (χ3n) is 2.61. The molecular weight excluding hydrogens is 240 g/mol. The third-order valence-corrected chi connectivity index (χ3v) is 2.97. The minimum absolute atomic E-state index is 0.261. The molecule has 1 aromatic heterocycles. The second kappa shape index (κ2) is 6.39. The van der Waals surface area contributed by atoms with E-state index in [9.17, 15) is 4.79 Å². The molecule has 0 radical (unpaired) electrons. The van der Waals surface area contributed by atoms with Crippen LogP contribution in [0.1, 0.15) is 30.4 Å². The predicted molar refractivity (Wildman–Crippen MR) is 68.1 cm³/mol. The highest BCUT2D eigenvalue weighted by Gasteiger charge is 2.07. The molecule has 1 rings (SSSR count). The van der Waals surface area contributed by atoms with Gasteiger partial charge >= 0.3 is 0 Å². The van der Waals surface area contributed by atoms with E-state index in [-0.39, 0.29) is 5.91 Å². The lowest BCUT2D eigenvalue weighted by atomic mass is 10.2. The monoisotopic (exact) mass is 256 g/mol. The number of hydrogen-bond acceptors (Lipinski definition) is 4. The van der Waals surface area contributed by atoms with Crippen LogP contribution in [0, 0.1) is 13.8 Å². The zero-order valence-electron chi connectivity index (χ0n) is 10.1. The molecule has 3 N–H and O–H groups in total. The average Bonchev–Trinajstić information content (AvgIpc) is 2.28. The van der Waals surface area contributed by atoms with E-state index in [1.165, 1.54) is 0 Å². The van der Waals surface area contributed by atoms with Crippen molar-refractivity contribution in [2.75, 3.05) is 11.9 Å². The molecule has 0 unspecified atom stereocenters. The number of aromatic nitrogens is 2. The van der Waals surface area contributed by atoms with Gasteiger partial charge in [0.05, 0.1) is 0 Å². The number of nitrogens with one attached hydrogen (secondary N) is 1. The van der Waals surface area contributed by atoms with Gasteiger partial charge in [-0.15, -0.1) is 10.2 Å². The highest BCUT2D eigenvalue weighted by molar-refractivity contribution is 6.30. The van der Waals surface area contributed by atoms with Gasteiger partial charge in [0.25, 0.3) is 0 Å². The summed E-state index contributed by atoms with van der Waals surface area (Å²) in [5.41, 5.74) is 6.98. The van der Waals surface area contributed by atoms with Crippen LogP contribution in [0.2, 0.25) is 5.15 Å². The van der Waals surface area contributed by atoms with Gasteiger partial charge in [0.2, 0.25) is 5.91 Å². The van der Waals surface area contributed by atoms with Crippen LogP contribution in [0.25, 0.3) is 0 Å². The molecule has 1 heterocycles. The van der Waals surface area contributed by atoms with Crippen molar-refractivity contribution in [3.63, 3.8) is 0 Å². The number of amides is 1. The van der Waals surface area contributed by atoms with Crippen molar-refractivity contribution in [2.24, 2.45) is 5.73 Å². The van der Waals surface area contributed by atoms with Gasteiger partial charge in [-0.1, -0.05) is 11.6 Å². The summed E-state index contributed by atoms with van der Waals surface area (Å²) in [6, 6.07) is 0. The minimum atomic E-state index is -0.261. The first-order chi connectivity index (χ1) is 8.02. The molecule has 0 spiro atoms. The number of anilines is 1. The maximum atomic E-state index is 10.5. The molecule has 5 nitrogen and oxygen atoms in total. The summed E-state index contributed by atoms with van der Waals surface area (Å²) in [6.07, 6.45) is 2.07. The number of hydrogen-bond donors (Lipinski definition) is 2. The van der Waals surface area contributed by atoms with Crippen molar-refractivity contribution >= 4 is 23.3 Å². The number of nitrogens with two attached hydrogens (primary N) is 1. The van der Waals surface area contributed by atoms with Gasteiger partial charge in [0, 0.05) is 13.0 Å². The lowest BCUT2D eigenvalue weighted by Gasteiger charge is -2.09. The summed E-state index contributed by atoms with van der Waals surface area (Å²) in [6.45, 7) is 4.59. The van der Waals surface area contributed by atoms with E-state index >= 15 is 0 Å². The van der Waals surface area contributed by atoms with Crippen LogP contribution >= 0.6 is 11.6 Å². The Balaban J connectivity index is 2.42. The third kappa shape index (κ3) is 4.19. The topological polar surface area (TPSA) is 80.9 Å². The summed E-state index contributed by atoms with van der Waals surface area (Å²) < 4.78 is 0. The van der Waals surface area contributed by atoms with Crippen molar-refractivity contribution in [3.05, 3.63) is 16.3 Å². The van der Waals surface area contributed by atoms with Crippen LogP contribution in [-0.4, -0.2) is 22.6 Å². The largest absolute Gasteiger partial charge is 0.370 e. The summed E-state index contributed by atoms with van der Waals surface area (Å²) >= 11 is 5.85. The molecule has 0 saturated heterocycles. The van der Waals surface area contributed by atoms with Crippen molar-refractivity contribution in [2.45, 2.75) is 33.1 Å². The Bertz CT molecular complexity index is 409. The van der Waals surface area contributed by atoms with Gasteiger partial charge in [-0.05, 0) is 37.8 Å². The van der Waals surface area contributed by atoms with Crippen molar-refractivity contribution < 1.29 is 4.79 Å². The summed E-state index contributed by atoms with van der Waals surface area (Å²) in [4.78, 5) is 10.5. The second-order valence-electron chi connectivity index (χ2n) is 3.94. The van der Waals surface area contributed by atoms with Crippen molar-refractivity contribution in [1.29, 1.82) is 0 Å². The molecule has 1 amide bonds. The molecule has 0 fully saturated rings. The predicted octanol–water partition coefficient (Wildman–Crippen LogP) is 1.81. The van der Waals surface area contributed by atoms with Crippen LogP contribution in [0.4, 0.5) is 5.82 Å². The summed E-state index contributed by atoms with van der Waals surface area (Å²) in [5, 5.41) is 11.4. The molecule has 1 aromatic rings. The van der Waals surface area contributed by atoms with E-state index in [2.05, 4.69) is 15.5 Å². The Kier molecular flexibility index (Phi) is 5.15. The van der Waals surface area contributed by atoms with Crippen molar-refractivity contribution in [3.8, 4) is 0 Å². The molecule has 0 atom stereocenters. The fourth-order valence-corrected chi connectivity index (χ4v) is 1.55. The number of unbranched alkanes of at least 4 members (excludes halogenated alkanes) is 1. The quantitative estimate of drug-likeness (QED) is 0.761. The fraction of sp³-hybridized carbons (Fsp3) is 0.545. The SMILES string of the molecule is Cc1c(Cl)nnc(NCCCCC(N)=O)c1C. The number of nitrogens with zero attached hydrogens (tertiary/aromatic N) is 2. The highest BCUT2D eigenvalue weighted by atomic mass is 35.5. The molecule has 0 saturated carbocycles. The standard InChI is InChI=1S/C11H17ClN4O/c1-7-8(2)11(16-15-10(7)12)14-6-4-3-5-9(13)17/h3-6H2,1-2H3,(H2,13,17)(H,14,16). The Hall–Kier alpha value is -1.36. The van der Waals surface area contributed by atoms with Crippen LogP contribution in [-0.2, 0) is 4.79 Å². The van der Waals surface area contributed by atoms with Gasteiger partial charge in [0.15, 0.2) is 11.0 Å². The van der Waals surface area contributed by atoms with Gasteiger partial charge in [-0.2, -0.15) is 0 Å². The molecule has 0 aromatic carbocycles. The maximum Gasteiger partial charge on any atom is 0.217 e. The lowest BCUT2D eigenvalue weighted by molar-refractivity contribution is -0.118. The Labute approximate surface area is 106 Å². The zero-order valence-corrected chi connectivity index (χ0v) is 10.8. The van der Waals surface area contributed by atoms with Gasteiger partial charge < -0.3 is 11.1 Å². The summed E-state index contributed by atoms with van der Waals surface area (Å²) in [7, 11) is 0. The number of carbonyl (C=O) groups is 1. The van der Waals surface area contributed by atoms with E-state index < -0.39 is 0 Å². The van der Waals surface area contributed by atoms with Gasteiger partial charge in [-0.3, -0.25) is 4.79 Å². The molecule has 6 heteroatoms. The molecule has 94 valence electrons. The Morgan fingerprint density at radius 3 is 2.65 bits per heavy atom. The normalized spacial score (nSPS) is 10.3. The van der Waals surface area contributed by atoms with E-state index in [0.29, 0.717) is 11.6 Å². The lowest BCUT2D eigenvalue weighted by Crippen LogP contribution is -2.11. The van der Waals surface area contributed by atoms with Crippen LogP contribution in [0.3, 0.4) is 0 Å². The first-order valence-corrected chi connectivity index (χ1v) is 5.91. The van der Waals surface area contributed by atoms with Crippen LogP contribution < -0.4 is 11.1 Å². The molecule has 17 heavy (non-hydrogen) atoms. The van der Waals surface area contributed by atoms with Gasteiger partial charge in [0.1, 0.15) is 0 Å². The Morgan fingerprint density at radius 1 is 1.29 bits per heavy atom. The van der Waals surface area contributed by atoms with E-state index in [1.807, 2.05) is 13.8 Å². The van der Waals surface area contributed by atoms with Crippen molar-refractivity contribution in [1.82, 2.24) is 10.2 Å². The van der Waals surface area contributed by atoms with E-state index in [4.69, 9.17) is 17.3 Å². The second-order valence-corrected chi connectivity index (χ2v) is 4.30. The number of carbonyl (C=O) groups excluding carboxylic acids is 1. The first kappa shape index (κ1) is 13.7. The minimum Gasteiger partial charge on any atom is -0.370 e. The molecule has 0 aliphatic heterocycles. The zero-order chi connectivity index (χ0) is 12.8. The molecular formula is C11H17ClN4O. The first-order valence-electron chi connectivity index (χ1n) is 5.54. The molecule has 0 aliphatic rings. The smallest absolute Gasteiger partial charge is 0.217 e. The van der Waals surface area contributed by atoms with E-state index in [0.717, 1.165) is 36.3 Å². The Morgan fingerprint density at radius 2 is 2.00 bits per heavy atom. The molecule has 0 aliphatic carbocycles. The van der Waals surface area contributed by atoms with E-state index in [1.54, 1.807) is 0 Å². The maximum absolute atomic E-state index is 10.5. The van der Waals surface area contributed by atoms with Crippen LogP contribution in [0.5, 0.6) is 0 Å².